The van der Waals surface area contributed by atoms with Gasteiger partial charge in [-0.3, -0.25) is 0 Å². The van der Waals surface area contributed by atoms with Crippen molar-refractivity contribution in [3.63, 3.8) is 0 Å². The quantitative estimate of drug-likeness (QED) is 0.818. The SMILES string of the molecule is CCn1cc(C#N)c2c1=CC=C(c1ccoc1)CC=2. The molecule has 0 bridgehead atoms. The molecule has 0 spiro atoms. The van der Waals surface area contributed by atoms with Crippen LogP contribution in [0.15, 0.2) is 35.3 Å². The average Bonchev–Trinajstić information content (AvgIpc) is 3.02. The lowest BCUT2D eigenvalue weighted by Crippen LogP contribution is -2.29. The second-order valence-electron chi connectivity index (χ2n) is 4.52. The monoisotopic (exact) mass is 250 g/mol. The number of nitrogens with zero attached hydrogens (tertiary/aromatic N) is 2. The van der Waals surface area contributed by atoms with Gasteiger partial charge in [0.15, 0.2) is 0 Å². The van der Waals surface area contributed by atoms with Crippen LogP contribution in [0, 0.1) is 11.3 Å². The Kier molecular flexibility index (Phi) is 2.85. The maximum Gasteiger partial charge on any atom is 0.101 e. The number of rotatable bonds is 2. The van der Waals surface area contributed by atoms with E-state index in [2.05, 4.69) is 35.8 Å². The largest absolute Gasteiger partial charge is 0.472 e. The number of aromatic nitrogens is 1. The van der Waals surface area contributed by atoms with Crippen molar-refractivity contribution in [2.45, 2.75) is 19.9 Å². The molecule has 2 aromatic heterocycles. The standard InChI is InChI=1S/C16H14N2O/c1-2-18-10-14(9-17)15-5-3-12(4-6-16(15)18)13-7-8-19-11-13/h4-8,10-11H,2-3H2,1H3. The van der Waals surface area contributed by atoms with E-state index in [1.54, 1.807) is 12.5 Å². The molecule has 0 saturated heterocycles. The van der Waals surface area contributed by atoms with E-state index in [-0.39, 0.29) is 0 Å². The zero-order valence-electron chi connectivity index (χ0n) is 10.8. The van der Waals surface area contributed by atoms with E-state index >= 15 is 0 Å². The van der Waals surface area contributed by atoms with Crippen molar-refractivity contribution in [1.82, 2.24) is 4.57 Å². The van der Waals surface area contributed by atoms with Crippen LogP contribution < -0.4 is 10.6 Å². The first-order valence-electron chi connectivity index (χ1n) is 6.36. The first-order valence-corrected chi connectivity index (χ1v) is 6.36. The predicted molar refractivity (Wildman–Crippen MR) is 74.3 cm³/mol. The van der Waals surface area contributed by atoms with Crippen molar-refractivity contribution < 1.29 is 4.42 Å². The lowest BCUT2D eigenvalue weighted by Gasteiger charge is -1.98. The molecular formula is C16H14N2O. The molecule has 1 aliphatic rings. The third kappa shape index (κ3) is 1.92. The van der Waals surface area contributed by atoms with Crippen molar-refractivity contribution in [2.24, 2.45) is 0 Å². The molecule has 0 saturated carbocycles. The summed E-state index contributed by atoms with van der Waals surface area (Å²) in [5.74, 6) is 0. The zero-order chi connectivity index (χ0) is 13.2. The molecule has 94 valence electrons. The summed E-state index contributed by atoms with van der Waals surface area (Å²) in [4.78, 5) is 0. The van der Waals surface area contributed by atoms with Gasteiger partial charge < -0.3 is 8.98 Å². The zero-order valence-corrected chi connectivity index (χ0v) is 10.8. The summed E-state index contributed by atoms with van der Waals surface area (Å²) in [6, 6.07) is 4.23. The van der Waals surface area contributed by atoms with Gasteiger partial charge in [0.05, 0.1) is 18.1 Å². The highest BCUT2D eigenvalue weighted by Crippen LogP contribution is 2.20. The van der Waals surface area contributed by atoms with Gasteiger partial charge in [-0.2, -0.15) is 5.26 Å². The number of hydrogen-bond acceptors (Lipinski definition) is 2. The van der Waals surface area contributed by atoms with Gasteiger partial charge in [0.2, 0.25) is 0 Å². The maximum absolute atomic E-state index is 9.21. The summed E-state index contributed by atoms with van der Waals surface area (Å²) in [6.45, 7) is 2.95. The molecule has 0 radical (unpaired) electrons. The van der Waals surface area contributed by atoms with Crippen LogP contribution in [0.4, 0.5) is 0 Å². The Hall–Kier alpha value is -2.47. The fraction of sp³-hybridized carbons (Fsp3) is 0.188. The molecule has 19 heavy (non-hydrogen) atoms. The summed E-state index contributed by atoms with van der Waals surface area (Å²) in [6.07, 6.45) is 12.5. The Bertz CT molecular complexity index is 783. The Balaban J connectivity index is 2.18. The maximum atomic E-state index is 9.21. The lowest BCUT2D eigenvalue weighted by atomic mass is 10.1. The minimum absolute atomic E-state index is 0.745. The van der Waals surface area contributed by atoms with Gasteiger partial charge in [-0.15, -0.1) is 0 Å². The lowest BCUT2D eigenvalue weighted by molar-refractivity contribution is 0.566. The number of allylic oxidation sites excluding steroid dienone is 2. The summed E-state index contributed by atoms with van der Waals surface area (Å²) in [7, 11) is 0. The van der Waals surface area contributed by atoms with Gasteiger partial charge in [-0.05, 0) is 31.1 Å². The van der Waals surface area contributed by atoms with Crippen LogP contribution in [0.25, 0.3) is 17.7 Å². The fourth-order valence-electron chi connectivity index (χ4n) is 2.46. The highest BCUT2D eigenvalue weighted by atomic mass is 16.3. The molecule has 0 amide bonds. The van der Waals surface area contributed by atoms with Gasteiger partial charge in [-0.1, -0.05) is 12.2 Å². The first-order chi connectivity index (χ1) is 9.33. The normalized spacial score (nSPS) is 13.6. The van der Waals surface area contributed by atoms with Gasteiger partial charge in [0.25, 0.3) is 0 Å². The van der Waals surface area contributed by atoms with Gasteiger partial charge in [-0.25, -0.2) is 0 Å². The van der Waals surface area contributed by atoms with Gasteiger partial charge in [0.1, 0.15) is 6.07 Å². The number of hydrogen-bond donors (Lipinski definition) is 0. The Labute approximate surface area is 111 Å². The Morgan fingerprint density at radius 3 is 3.00 bits per heavy atom. The minimum atomic E-state index is 0.745. The van der Waals surface area contributed by atoms with Gasteiger partial charge >= 0.3 is 0 Å². The second-order valence-corrected chi connectivity index (χ2v) is 4.52. The molecule has 0 fully saturated rings. The first kappa shape index (κ1) is 11.6. The molecule has 1 aliphatic carbocycles. The fourth-order valence-corrected chi connectivity index (χ4v) is 2.46. The van der Waals surface area contributed by atoms with Crippen molar-refractivity contribution in [3.8, 4) is 6.07 Å². The average molecular weight is 250 g/mol. The number of nitriles is 1. The molecule has 0 aliphatic heterocycles. The molecule has 3 rings (SSSR count). The molecule has 3 heteroatoms. The molecule has 0 unspecified atom stereocenters. The van der Waals surface area contributed by atoms with E-state index in [1.165, 1.54) is 5.57 Å². The van der Waals surface area contributed by atoms with Crippen LogP contribution in [0.2, 0.25) is 0 Å². The summed E-state index contributed by atoms with van der Waals surface area (Å²) in [5, 5.41) is 11.4. The van der Waals surface area contributed by atoms with Crippen molar-refractivity contribution in [1.29, 1.82) is 5.26 Å². The molecule has 3 nitrogen and oxygen atoms in total. The summed E-state index contributed by atoms with van der Waals surface area (Å²) >= 11 is 0. The molecule has 2 aromatic rings. The topological polar surface area (TPSA) is 41.9 Å². The molecule has 2 heterocycles. The van der Waals surface area contributed by atoms with Crippen LogP contribution in [0.1, 0.15) is 24.5 Å². The summed E-state index contributed by atoms with van der Waals surface area (Å²) in [5.41, 5.74) is 3.05. The molecule has 0 N–H and O–H groups in total. The molecular weight excluding hydrogens is 236 g/mol. The van der Waals surface area contributed by atoms with E-state index in [9.17, 15) is 5.26 Å². The van der Waals surface area contributed by atoms with E-state index in [1.807, 2.05) is 12.3 Å². The minimum Gasteiger partial charge on any atom is -0.472 e. The van der Waals surface area contributed by atoms with Crippen LogP contribution in [0.5, 0.6) is 0 Å². The number of furan rings is 1. The number of aryl methyl sites for hydroxylation is 1. The van der Waals surface area contributed by atoms with E-state index in [0.29, 0.717) is 0 Å². The van der Waals surface area contributed by atoms with Crippen molar-refractivity contribution >= 4 is 17.7 Å². The van der Waals surface area contributed by atoms with E-state index in [4.69, 9.17) is 4.42 Å². The molecule has 0 atom stereocenters. The third-order valence-corrected chi connectivity index (χ3v) is 3.48. The smallest absolute Gasteiger partial charge is 0.101 e. The van der Waals surface area contributed by atoms with Crippen molar-refractivity contribution in [2.75, 3.05) is 0 Å². The van der Waals surface area contributed by atoms with E-state index in [0.717, 1.165) is 34.7 Å². The predicted octanol–water partition coefficient (Wildman–Crippen LogP) is 2.02. The van der Waals surface area contributed by atoms with Crippen LogP contribution >= 0.6 is 0 Å². The number of fused-ring (bicyclic) bond motifs is 1. The third-order valence-electron chi connectivity index (χ3n) is 3.48. The van der Waals surface area contributed by atoms with Gasteiger partial charge in [0, 0.05) is 28.9 Å². The molecule has 0 aromatic carbocycles. The Morgan fingerprint density at radius 1 is 1.42 bits per heavy atom. The van der Waals surface area contributed by atoms with Crippen molar-refractivity contribution in [3.05, 3.63) is 52.6 Å². The highest BCUT2D eigenvalue weighted by Gasteiger charge is 2.08. The van der Waals surface area contributed by atoms with E-state index < -0.39 is 0 Å². The second kappa shape index (κ2) is 4.66. The van der Waals surface area contributed by atoms with Crippen LogP contribution in [0.3, 0.4) is 0 Å². The summed E-state index contributed by atoms with van der Waals surface area (Å²) < 4.78 is 7.24. The highest BCUT2D eigenvalue weighted by molar-refractivity contribution is 5.75. The van der Waals surface area contributed by atoms with Crippen LogP contribution in [-0.4, -0.2) is 4.57 Å². The Morgan fingerprint density at radius 2 is 2.32 bits per heavy atom. The van der Waals surface area contributed by atoms with Crippen LogP contribution in [-0.2, 0) is 6.54 Å².